The molecule has 1 aliphatic heterocycles. The lowest BCUT2D eigenvalue weighted by Gasteiger charge is -2.31. The van der Waals surface area contributed by atoms with Crippen LogP contribution in [0.1, 0.15) is 46.5 Å². The zero-order valence-corrected chi connectivity index (χ0v) is 11.6. The molecule has 3 nitrogen and oxygen atoms in total. The maximum Gasteiger partial charge on any atom is 0.162 e. The lowest BCUT2D eigenvalue weighted by molar-refractivity contribution is -0.136. The smallest absolute Gasteiger partial charge is 0.162 e. The molecule has 0 aromatic heterocycles. The molecule has 1 aliphatic rings. The van der Waals surface area contributed by atoms with Crippen molar-refractivity contribution in [2.45, 2.75) is 52.6 Å². The van der Waals surface area contributed by atoms with Gasteiger partial charge >= 0.3 is 0 Å². The van der Waals surface area contributed by atoms with E-state index < -0.39 is 0 Å². The third-order valence-electron chi connectivity index (χ3n) is 3.25. The molecular formula is C14H27NO2. The second-order valence-electron chi connectivity index (χ2n) is 5.41. The molecule has 3 heteroatoms. The molecule has 17 heavy (non-hydrogen) atoms. The number of nitrogens with zero attached hydrogens (tertiary/aromatic N) is 1. The van der Waals surface area contributed by atoms with Gasteiger partial charge in [-0.05, 0) is 25.3 Å². The van der Waals surface area contributed by atoms with Gasteiger partial charge in [0.1, 0.15) is 6.10 Å². The summed E-state index contributed by atoms with van der Waals surface area (Å²) in [6, 6.07) is 0. The van der Waals surface area contributed by atoms with Crippen LogP contribution in [0.5, 0.6) is 0 Å². The summed E-state index contributed by atoms with van der Waals surface area (Å²) in [5, 5.41) is 0. The number of ether oxygens (including phenoxy) is 1. The molecule has 0 bridgehead atoms. The molecule has 1 atom stereocenters. The number of carbonyl (C=O) groups excluding carboxylic acids is 1. The molecule has 0 spiro atoms. The number of Topliss-reactive ketones (excluding diaryl/α,β-unsaturated/α-hetero) is 1. The zero-order valence-electron chi connectivity index (χ0n) is 11.6. The zero-order chi connectivity index (χ0) is 12.7. The number of morpholine rings is 1. The van der Waals surface area contributed by atoms with Crippen molar-refractivity contribution in [3.05, 3.63) is 0 Å². The van der Waals surface area contributed by atoms with Gasteiger partial charge in [-0.15, -0.1) is 0 Å². The summed E-state index contributed by atoms with van der Waals surface area (Å²) in [7, 11) is 0. The first-order valence-electron chi connectivity index (χ1n) is 7.00. The van der Waals surface area contributed by atoms with Crippen LogP contribution in [0.3, 0.4) is 0 Å². The van der Waals surface area contributed by atoms with Crippen LogP contribution in [0.4, 0.5) is 0 Å². The molecule has 0 N–H and O–H groups in total. The number of carbonyl (C=O) groups is 1. The van der Waals surface area contributed by atoms with Crippen molar-refractivity contribution in [1.82, 2.24) is 4.90 Å². The first-order valence-corrected chi connectivity index (χ1v) is 7.00. The van der Waals surface area contributed by atoms with Crippen molar-refractivity contribution < 1.29 is 9.53 Å². The van der Waals surface area contributed by atoms with Crippen LogP contribution in [0.2, 0.25) is 0 Å². The van der Waals surface area contributed by atoms with Crippen molar-refractivity contribution in [1.29, 1.82) is 0 Å². The second kappa shape index (κ2) is 7.83. The summed E-state index contributed by atoms with van der Waals surface area (Å²) < 4.78 is 5.58. The largest absolute Gasteiger partial charge is 0.368 e. The molecule has 1 saturated heterocycles. The quantitative estimate of drug-likeness (QED) is 0.686. The Kier molecular flexibility index (Phi) is 6.75. The summed E-state index contributed by atoms with van der Waals surface area (Å²) in [6.45, 7) is 10.1. The number of hydrogen-bond acceptors (Lipinski definition) is 3. The summed E-state index contributed by atoms with van der Waals surface area (Å²) in [6.07, 6.45) is 3.81. The molecule has 1 unspecified atom stereocenters. The Morgan fingerprint density at radius 1 is 1.47 bits per heavy atom. The van der Waals surface area contributed by atoms with Crippen molar-refractivity contribution in [2.24, 2.45) is 5.92 Å². The molecule has 100 valence electrons. The lowest BCUT2D eigenvalue weighted by atomic mass is 10.0. The minimum Gasteiger partial charge on any atom is -0.368 e. The maximum absolute atomic E-state index is 12.0. The molecule has 0 aliphatic carbocycles. The molecule has 1 heterocycles. The van der Waals surface area contributed by atoms with Crippen molar-refractivity contribution in [3.63, 3.8) is 0 Å². The van der Waals surface area contributed by atoms with Gasteiger partial charge in [0.2, 0.25) is 0 Å². The summed E-state index contributed by atoms with van der Waals surface area (Å²) in [5.74, 6) is 0.984. The number of ketones is 1. The highest BCUT2D eigenvalue weighted by atomic mass is 16.5. The maximum atomic E-state index is 12.0. The Labute approximate surface area is 106 Å². The Hall–Kier alpha value is -0.410. The van der Waals surface area contributed by atoms with Gasteiger partial charge in [0.25, 0.3) is 0 Å². The molecule has 1 fully saturated rings. The monoisotopic (exact) mass is 241 g/mol. The number of hydrogen-bond donors (Lipinski definition) is 0. The van der Waals surface area contributed by atoms with Crippen molar-refractivity contribution in [2.75, 3.05) is 26.2 Å². The van der Waals surface area contributed by atoms with E-state index in [0.717, 1.165) is 38.9 Å². The topological polar surface area (TPSA) is 29.5 Å². The van der Waals surface area contributed by atoms with E-state index in [0.29, 0.717) is 24.7 Å². The predicted octanol–water partition coefficient (Wildman–Crippen LogP) is 2.49. The average Bonchev–Trinajstić information content (AvgIpc) is 2.29. The molecule has 0 amide bonds. The SMILES string of the molecule is CCCN1CCOC(C(=O)CCCC(C)C)C1. The summed E-state index contributed by atoms with van der Waals surface area (Å²) in [5.41, 5.74) is 0. The lowest BCUT2D eigenvalue weighted by Crippen LogP contribution is -2.46. The van der Waals surface area contributed by atoms with Crippen LogP contribution in [0.15, 0.2) is 0 Å². The van der Waals surface area contributed by atoms with E-state index >= 15 is 0 Å². The van der Waals surface area contributed by atoms with E-state index in [4.69, 9.17) is 4.74 Å². The van der Waals surface area contributed by atoms with E-state index in [2.05, 4.69) is 25.7 Å². The third kappa shape index (κ3) is 5.64. The Balaban J connectivity index is 2.25. The van der Waals surface area contributed by atoms with Crippen LogP contribution in [0.25, 0.3) is 0 Å². The highest BCUT2D eigenvalue weighted by Gasteiger charge is 2.25. The Bertz CT molecular complexity index is 226. The van der Waals surface area contributed by atoms with Gasteiger partial charge in [-0.3, -0.25) is 9.69 Å². The van der Waals surface area contributed by atoms with Crippen LogP contribution in [0, 0.1) is 5.92 Å². The van der Waals surface area contributed by atoms with E-state index in [9.17, 15) is 4.79 Å². The van der Waals surface area contributed by atoms with Gasteiger partial charge in [-0.1, -0.05) is 27.2 Å². The first kappa shape index (κ1) is 14.7. The van der Waals surface area contributed by atoms with E-state index in [1.165, 1.54) is 0 Å². The van der Waals surface area contributed by atoms with Crippen molar-refractivity contribution >= 4 is 5.78 Å². The first-order chi connectivity index (χ1) is 8.13. The average molecular weight is 241 g/mol. The van der Waals surface area contributed by atoms with Gasteiger partial charge in [0.05, 0.1) is 6.61 Å². The van der Waals surface area contributed by atoms with Gasteiger partial charge in [0, 0.05) is 19.5 Å². The minimum absolute atomic E-state index is 0.164. The second-order valence-corrected chi connectivity index (χ2v) is 5.41. The van der Waals surface area contributed by atoms with Crippen LogP contribution < -0.4 is 0 Å². The highest BCUT2D eigenvalue weighted by Crippen LogP contribution is 2.12. The summed E-state index contributed by atoms with van der Waals surface area (Å²) >= 11 is 0. The van der Waals surface area contributed by atoms with E-state index in [-0.39, 0.29) is 6.10 Å². The van der Waals surface area contributed by atoms with E-state index in [1.54, 1.807) is 0 Å². The normalized spacial score (nSPS) is 22.0. The van der Waals surface area contributed by atoms with Crippen LogP contribution >= 0.6 is 0 Å². The molecule has 1 rings (SSSR count). The Morgan fingerprint density at radius 3 is 2.88 bits per heavy atom. The fourth-order valence-corrected chi connectivity index (χ4v) is 2.26. The third-order valence-corrected chi connectivity index (χ3v) is 3.25. The Morgan fingerprint density at radius 2 is 2.24 bits per heavy atom. The number of rotatable bonds is 7. The van der Waals surface area contributed by atoms with Gasteiger partial charge in [-0.25, -0.2) is 0 Å². The van der Waals surface area contributed by atoms with E-state index in [1.807, 2.05) is 0 Å². The highest BCUT2D eigenvalue weighted by molar-refractivity contribution is 5.83. The fraction of sp³-hybridized carbons (Fsp3) is 0.929. The molecular weight excluding hydrogens is 214 g/mol. The fourth-order valence-electron chi connectivity index (χ4n) is 2.26. The molecule has 0 saturated carbocycles. The van der Waals surface area contributed by atoms with Gasteiger partial charge in [0.15, 0.2) is 5.78 Å². The minimum atomic E-state index is -0.164. The van der Waals surface area contributed by atoms with Crippen molar-refractivity contribution in [3.8, 4) is 0 Å². The molecule has 0 aromatic carbocycles. The van der Waals surface area contributed by atoms with Crippen LogP contribution in [-0.4, -0.2) is 43.0 Å². The van der Waals surface area contributed by atoms with Crippen LogP contribution in [-0.2, 0) is 9.53 Å². The van der Waals surface area contributed by atoms with Gasteiger partial charge < -0.3 is 4.74 Å². The summed E-state index contributed by atoms with van der Waals surface area (Å²) in [4.78, 5) is 14.3. The van der Waals surface area contributed by atoms with Gasteiger partial charge in [-0.2, -0.15) is 0 Å². The standard InChI is InChI=1S/C14H27NO2/c1-4-8-15-9-10-17-14(11-15)13(16)7-5-6-12(2)3/h12,14H,4-11H2,1-3H3. The molecule has 0 radical (unpaired) electrons. The molecule has 0 aromatic rings. The predicted molar refractivity (Wildman–Crippen MR) is 70.2 cm³/mol.